The van der Waals surface area contributed by atoms with Gasteiger partial charge >= 0.3 is 6.85 Å². The standard InChI is InChI=1S/C62H47BN2O/c1-60(2,3)38-31-33-41(34-32-38)65-58-44(35-36-47-54(58)42-23-12-14-25-45(42)61(47,4)5)56-55-43-24-13-17-30-52(43)66-53(55)37-51-57(56)63(65)49-28-18-27-48-59(49)64(51)50-29-16-15-26-46(50)62(48,39-19-8-6-9-20-39)40-21-10-7-11-22-40/h6-37H,1-5H3. The van der Waals surface area contributed by atoms with Crippen molar-refractivity contribution in [2.75, 3.05) is 9.71 Å². The van der Waals surface area contributed by atoms with Gasteiger partial charge in [-0.3, -0.25) is 0 Å². The lowest BCUT2D eigenvalue weighted by Gasteiger charge is -2.52. The van der Waals surface area contributed by atoms with Gasteiger partial charge in [-0.1, -0.05) is 198 Å². The summed E-state index contributed by atoms with van der Waals surface area (Å²) in [7, 11) is 0. The molecule has 3 nitrogen and oxygen atoms in total. The monoisotopic (exact) mass is 846 g/mol. The minimum Gasteiger partial charge on any atom is -0.456 e. The normalized spacial score (nSPS) is 15.5. The number of fused-ring (bicyclic) bond motifs is 14. The van der Waals surface area contributed by atoms with Gasteiger partial charge in [0.2, 0.25) is 0 Å². The molecule has 66 heavy (non-hydrogen) atoms. The van der Waals surface area contributed by atoms with Crippen LogP contribution in [0.15, 0.2) is 199 Å². The number of benzene rings is 9. The molecule has 3 aliphatic heterocycles. The molecule has 0 bridgehead atoms. The first kappa shape index (κ1) is 37.8. The van der Waals surface area contributed by atoms with Crippen molar-refractivity contribution in [1.29, 1.82) is 0 Å². The Morgan fingerprint density at radius 1 is 0.500 bits per heavy atom. The van der Waals surface area contributed by atoms with Crippen molar-refractivity contribution in [3.05, 3.63) is 233 Å². The third-order valence-corrected chi connectivity index (χ3v) is 15.7. The first-order valence-electron chi connectivity index (χ1n) is 23.5. The van der Waals surface area contributed by atoms with Crippen molar-refractivity contribution >= 4 is 68.1 Å². The number of hydrogen-bond donors (Lipinski definition) is 0. The van der Waals surface area contributed by atoms with Gasteiger partial charge in [0.15, 0.2) is 0 Å². The molecular formula is C62H47BN2O. The van der Waals surface area contributed by atoms with Gasteiger partial charge in [-0.05, 0) is 90.7 Å². The first-order valence-corrected chi connectivity index (χ1v) is 23.5. The van der Waals surface area contributed by atoms with Gasteiger partial charge in [0.05, 0.1) is 11.1 Å². The van der Waals surface area contributed by atoms with Gasteiger partial charge in [-0.2, -0.15) is 0 Å². The molecule has 4 aliphatic rings. The molecule has 0 fully saturated rings. The van der Waals surface area contributed by atoms with Crippen LogP contribution in [0.1, 0.15) is 73.6 Å². The van der Waals surface area contributed by atoms with Crippen molar-refractivity contribution in [3.8, 4) is 22.3 Å². The zero-order valence-electron chi connectivity index (χ0n) is 37.9. The summed E-state index contributed by atoms with van der Waals surface area (Å²) in [5.74, 6) is 0. The molecule has 0 amide bonds. The maximum Gasteiger partial charge on any atom is 0.333 e. The number of rotatable bonds is 3. The molecule has 4 heterocycles. The molecule has 0 radical (unpaired) electrons. The highest BCUT2D eigenvalue weighted by molar-refractivity contribution is 6.94. The van der Waals surface area contributed by atoms with Gasteiger partial charge in [0.25, 0.3) is 0 Å². The molecule has 1 aliphatic carbocycles. The number of anilines is 5. The number of hydrogen-bond acceptors (Lipinski definition) is 3. The van der Waals surface area contributed by atoms with Crippen LogP contribution < -0.4 is 20.6 Å². The first-order chi connectivity index (χ1) is 32.2. The fourth-order valence-electron chi connectivity index (χ4n) is 12.8. The summed E-state index contributed by atoms with van der Waals surface area (Å²) in [6, 6.07) is 73.2. The van der Waals surface area contributed by atoms with E-state index in [9.17, 15) is 0 Å². The Hall–Kier alpha value is -7.56. The molecule has 9 aromatic carbocycles. The minimum absolute atomic E-state index is 0.00566. The van der Waals surface area contributed by atoms with Crippen molar-refractivity contribution in [2.24, 2.45) is 0 Å². The Balaban J connectivity index is 1.19. The highest BCUT2D eigenvalue weighted by Crippen LogP contribution is 2.62. The van der Waals surface area contributed by atoms with Crippen LogP contribution in [0.5, 0.6) is 0 Å². The average Bonchev–Trinajstić information content (AvgIpc) is 3.84. The van der Waals surface area contributed by atoms with E-state index >= 15 is 0 Å². The molecule has 1 aromatic heterocycles. The van der Waals surface area contributed by atoms with Crippen molar-refractivity contribution < 1.29 is 4.42 Å². The SMILES string of the molecule is CC(C)(C)c1ccc(N2B3c4cccc5c4N(c4ccccc4C5(c4ccccc4)c4ccccc4)c4cc5oc6ccccc6c5c(c43)-c3ccc4c(c32)-c2ccccc2C4(C)C)cc1. The maximum absolute atomic E-state index is 7.03. The van der Waals surface area contributed by atoms with Crippen LogP contribution in [-0.4, -0.2) is 6.85 Å². The summed E-state index contributed by atoms with van der Waals surface area (Å²) in [5, 5.41) is 2.32. The topological polar surface area (TPSA) is 19.6 Å². The van der Waals surface area contributed by atoms with Gasteiger partial charge in [0, 0.05) is 56.1 Å². The summed E-state index contributed by atoms with van der Waals surface area (Å²) in [5.41, 5.74) is 23.8. The molecule has 0 spiro atoms. The van der Waals surface area contributed by atoms with Crippen LogP contribution in [0.2, 0.25) is 0 Å². The quantitative estimate of drug-likeness (QED) is 0.165. The summed E-state index contributed by atoms with van der Waals surface area (Å²) in [4.78, 5) is 5.34. The summed E-state index contributed by atoms with van der Waals surface area (Å²) in [6.07, 6.45) is 0. The van der Waals surface area contributed by atoms with Gasteiger partial charge in [-0.15, -0.1) is 0 Å². The maximum atomic E-state index is 7.03. The zero-order chi connectivity index (χ0) is 44.3. The molecule has 10 aromatic rings. The van der Waals surface area contributed by atoms with E-state index in [0.717, 1.165) is 22.2 Å². The van der Waals surface area contributed by atoms with E-state index < -0.39 is 5.41 Å². The van der Waals surface area contributed by atoms with Gasteiger partial charge in [0.1, 0.15) is 11.2 Å². The Labute approximate surface area is 386 Å². The highest BCUT2D eigenvalue weighted by Gasteiger charge is 2.54. The third kappa shape index (κ3) is 4.69. The molecule has 0 saturated heterocycles. The van der Waals surface area contributed by atoms with Crippen LogP contribution in [-0.2, 0) is 16.2 Å². The lowest BCUT2D eigenvalue weighted by Crippen LogP contribution is -2.63. The lowest BCUT2D eigenvalue weighted by molar-refractivity contribution is 0.590. The van der Waals surface area contributed by atoms with Crippen molar-refractivity contribution in [2.45, 2.75) is 50.9 Å². The molecule has 314 valence electrons. The van der Waals surface area contributed by atoms with Crippen LogP contribution >= 0.6 is 0 Å². The second-order valence-electron chi connectivity index (χ2n) is 20.4. The van der Waals surface area contributed by atoms with Crippen molar-refractivity contribution in [1.82, 2.24) is 0 Å². The lowest BCUT2D eigenvalue weighted by atomic mass is 9.42. The van der Waals surface area contributed by atoms with Crippen molar-refractivity contribution in [3.63, 3.8) is 0 Å². The Bertz CT molecular complexity index is 3630. The molecule has 0 saturated carbocycles. The van der Waals surface area contributed by atoms with E-state index in [0.29, 0.717) is 0 Å². The number of para-hydroxylation sites is 3. The summed E-state index contributed by atoms with van der Waals surface area (Å²) < 4.78 is 7.03. The van der Waals surface area contributed by atoms with Gasteiger partial charge < -0.3 is 14.1 Å². The van der Waals surface area contributed by atoms with Crippen LogP contribution in [0, 0.1) is 0 Å². The fraction of sp³-hybridized carbons (Fsp3) is 0.129. The Kier molecular flexibility index (Phi) is 7.47. The zero-order valence-corrected chi connectivity index (χ0v) is 37.9. The van der Waals surface area contributed by atoms with Crippen LogP contribution in [0.4, 0.5) is 28.4 Å². The molecule has 0 N–H and O–H groups in total. The molecular weight excluding hydrogens is 800 g/mol. The van der Waals surface area contributed by atoms with Gasteiger partial charge in [-0.25, -0.2) is 0 Å². The Morgan fingerprint density at radius 2 is 1.15 bits per heavy atom. The summed E-state index contributed by atoms with van der Waals surface area (Å²) >= 11 is 0. The summed E-state index contributed by atoms with van der Waals surface area (Å²) in [6.45, 7) is 11.5. The Morgan fingerprint density at radius 3 is 1.89 bits per heavy atom. The fourth-order valence-corrected chi connectivity index (χ4v) is 12.8. The predicted molar refractivity (Wildman–Crippen MR) is 276 cm³/mol. The third-order valence-electron chi connectivity index (χ3n) is 15.7. The highest BCUT2D eigenvalue weighted by atomic mass is 16.3. The molecule has 0 unspecified atom stereocenters. The van der Waals surface area contributed by atoms with E-state index in [4.69, 9.17) is 4.42 Å². The van der Waals surface area contributed by atoms with Crippen LogP contribution in [0.3, 0.4) is 0 Å². The number of nitrogens with zero attached hydrogens (tertiary/aromatic N) is 2. The minimum atomic E-state index is -0.610. The molecule has 4 heteroatoms. The van der Waals surface area contributed by atoms with E-state index in [2.05, 4.69) is 238 Å². The number of furan rings is 1. The predicted octanol–water partition coefficient (Wildman–Crippen LogP) is 14.6. The van der Waals surface area contributed by atoms with E-state index in [1.807, 2.05) is 0 Å². The smallest absolute Gasteiger partial charge is 0.333 e. The molecule has 14 rings (SSSR count). The average molecular weight is 847 g/mol. The largest absolute Gasteiger partial charge is 0.456 e. The molecule has 0 atom stereocenters. The van der Waals surface area contributed by atoms with E-state index in [1.165, 1.54) is 100 Å². The van der Waals surface area contributed by atoms with Crippen LogP contribution in [0.25, 0.3) is 44.2 Å². The van der Waals surface area contributed by atoms with E-state index in [-0.39, 0.29) is 17.7 Å². The van der Waals surface area contributed by atoms with E-state index in [1.54, 1.807) is 0 Å². The second-order valence-corrected chi connectivity index (χ2v) is 20.4. The second kappa shape index (κ2) is 13.0.